The highest BCUT2D eigenvalue weighted by atomic mass is 15.0. The molecule has 0 aliphatic rings. The Hall–Kier alpha value is -6.52. The zero-order valence-corrected chi connectivity index (χ0v) is 26.0. The Morgan fingerprint density at radius 3 is 1.92 bits per heavy atom. The quantitative estimate of drug-likeness (QED) is 0.198. The third-order valence-corrected chi connectivity index (χ3v) is 9.53. The molecule has 4 nitrogen and oxygen atoms in total. The summed E-state index contributed by atoms with van der Waals surface area (Å²) in [6, 6.07) is 58.0. The minimum Gasteiger partial charge on any atom is -0.317 e. The highest BCUT2D eigenvalue weighted by Gasteiger charge is 2.18. The largest absolute Gasteiger partial charge is 0.317 e. The lowest BCUT2D eigenvalue weighted by molar-refractivity contribution is 1.13. The number of para-hydroxylation sites is 2. The Bertz CT molecular complexity index is 2810. The van der Waals surface area contributed by atoms with Gasteiger partial charge >= 0.3 is 0 Å². The van der Waals surface area contributed by atoms with Gasteiger partial charge in [0.2, 0.25) is 0 Å². The molecule has 3 aromatic heterocycles. The minimum absolute atomic E-state index is 0.719. The SMILES string of the molecule is c1ccc(-c2nc(-c3ccc(-n4c5cc6ccccc6cc5c5c6ccn(-c7ccccc7)c6ccc54)cc3)nc3ccccc23)cc1. The molecule has 0 saturated heterocycles. The van der Waals surface area contributed by atoms with Gasteiger partial charge in [0.15, 0.2) is 5.82 Å². The lowest BCUT2D eigenvalue weighted by Crippen LogP contribution is -1.97. The summed E-state index contributed by atoms with van der Waals surface area (Å²) in [6.07, 6.45) is 2.19. The molecular weight excluding hydrogens is 585 g/mol. The molecule has 0 spiro atoms. The average Bonchev–Trinajstić information content (AvgIpc) is 3.73. The maximum atomic E-state index is 5.11. The molecule has 0 aliphatic carbocycles. The average molecular weight is 613 g/mol. The predicted molar refractivity (Wildman–Crippen MR) is 199 cm³/mol. The summed E-state index contributed by atoms with van der Waals surface area (Å²) in [5.41, 5.74) is 9.76. The Kier molecular flexibility index (Phi) is 5.84. The summed E-state index contributed by atoms with van der Waals surface area (Å²) in [7, 11) is 0. The number of hydrogen-bond donors (Lipinski definition) is 0. The first-order valence-corrected chi connectivity index (χ1v) is 16.3. The van der Waals surface area contributed by atoms with Gasteiger partial charge in [0.25, 0.3) is 0 Å². The van der Waals surface area contributed by atoms with Gasteiger partial charge in [-0.2, -0.15) is 0 Å². The van der Waals surface area contributed by atoms with Gasteiger partial charge in [0, 0.05) is 50.2 Å². The number of hydrogen-bond acceptors (Lipinski definition) is 2. The van der Waals surface area contributed by atoms with Crippen LogP contribution in [0.3, 0.4) is 0 Å². The van der Waals surface area contributed by atoms with Crippen LogP contribution >= 0.6 is 0 Å². The standard InChI is InChI=1S/C44H28N4/c1-3-11-29(12-4-1)43-35-17-9-10-18-38(35)45-44(46-43)30-19-21-34(22-20-30)48-40-24-23-39-36(25-26-47(39)33-15-5-2-6-16-33)42(40)37-27-31-13-7-8-14-32(31)28-41(37)48/h1-28H. The van der Waals surface area contributed by atoms with E-state index in [-0.39, 0.29) is 0 Å². The van der Waals surface area contributed by atoms with E-state index in [1.165, 1.54) is 43.5 Å². The molecule has 0 aliphatic heterocycles. The van der Waals surface area contributed by atoms with Crippen molar-refractivity contribution in [2.75, 3.05) is 0 Å². The summed E-state index contributed by atoms with van der Waals surface area (Å²) < 4.78 is 4.68. The van der Waals surface area contributed by atoms with Crippen molar-refractivity contribution in [3.8, 4) is 34.0 Å². The Balaban J connectivity index is 1.18. The monoisotopic (exact) mass is 612 g/mol. The van der Waals surface area contributed by atoms with Crippen LogP contribution in [0.1, 0.15) is 0 Å². The van der Waals surface area contributed by atoms with Crippen molar-refractivity contribution in [2.45, 2.75) is 0 Å². The second kappa shape index (κ2) is 10.5. The zero-order valence-electron chi connectivity index (χ0n) is 26.0. The summed E-state index contributed by atoms with van der Waals surface area (Å²) >= 11 is 0. The maximum absolute atomic E-state index is 5.11. The van der Waals surface area contributed by atoms with E-state index in [1.54, 1.807) is 0 Å². The summed E-state index contributed by atoms with van der Waals surface area (Å²) in [5.74, 6) is 0.719. The Morgan fingerprint density at radius 1 is 0.417 bits per heavy atom. The molecule has 0 radical (unpaired) electrons. The second-order valence-corrected chi connectivity index (χ2v) is 12.3. The third-order valence-electron chi connectivity index (χ3n) is 9.53. The molecule has 10 aromatic rings. The molecule has 48 heavy (non-hydrogen) atoms. The first kappa shape index (κ1) is 26.7. The van der Waals surface area contributed by atoms with Gasteiger partial charge in [-0.25, -0.2) is 9.97 Å². The Labute approximate surface area is 276 Å². The van der Waals surface area contributed by atoms with Crippen LogP contribution in [-0.4, -0.2) is 19.1 Å². The lowest BCUT2D eigenvalue weighted by Gasteiger charge is -2.11. The van der Waals surface area contributed by atoms with Crippen molar-refractivity contribution in [3.05, 3.63) is 170 Å². The van der Waals surface area contributed by atoms with Gasteiger partial charge in [0.05, 0.1) is 27.8 Å². The third kappa shape index (κ3) is 4.10. The number of benzene rings is 7. The van der Waals surface area contributed by atoms with Gasteiger partial charge in [0.1, 0.15) is 0 Å². The fourth-order valence-corrected chi connectivity index (χ4v) is 7.29. The van der Waals surface area contributed by atoms with Crippen molar-refractivity contribution in [3.63, 3.8) is 0 Å². The number of aromatic nitrogens is 4. The summed E-state index contributed by atoms with van der Waals surface area (Å²) in [5, 5.41) is 7.26. The van der Waals surface area contributed by atoms with E-state index in [0.29, 0.717) is 0 Å². The van der Waals surface area contributed by atoms with Crippen molar-refractivity contribution in [2.24, 2.45) is 0 Å². The smallest absolute Gasteiger partial charge is 0.160 e. The molecule has 0 amide bonds. The van der Waals surface area contributed by atoms with Crippen LogP contribution < -0.4 is 0 Å². The van der Waals surface area contributed by atoms with Crippen LogP contribution in [0.15, 0.2) is 170 Å². The number of fused-ring (bicyclic) bond motifs is 7. The molecular formula is C44H28N4. The zero-order chi connectivity index (χ0) is 31.6. The van der Waals surface area contributed by atoms with Gasteiger partial charge in [-0.1, -0.05) is 91.0 Å². The first-order valence-electron chi connectivity index (χ1n) is 16.3. The van der Waals surface area contributed by atoms with E-state index in [0.717, 1.165) is 44.9 Å². The topological polar surface area (TPSA) is 35.6 Å². The number of nitrogens with zero attached hydrogens (tertiary/aromatic N) is 4. The summed E-state index contributed by atoms with van der Waals surface area (Å²) in [4.78, 5) is 10.1. The van der Waals surface area contributed by atoms with E-state index >= 15 is 0 Å². The first-order chi connectivity index (χ1) is 23.8. The molecule has 0 N–H and O–H groups in total. The molecule has 4 heteroatoms. The van der Waals surface area contributed by atoms with Crippen LogP contribution in [0.2, 0.25) is 0 Å². The molecule has 224 valence electrons. The molecule has 0 atom stereocenters. The minimum atomic E-state index is 0.719. The molecule has 0 fully saturated rings. The van der Waals surface area contributed by atoms with Gasteiger partial charge in [-0.05, 0) is 83.6 Å². The van der Waals surface area contributed by atoms with Crippen LogP contribution in [0.25, 0.3) is 88.4 Å². The van der Waals surface area contributed by atoms with Crippen LogP contribution in [0.5, 0.6) is 0 Å². The second-order valence-electron chi connectivity index (χ2n) is 12.3. The van der Waals surface area contributed by atoms with Crippen molar-refractivity contribution in [1.82, 2.24) is 19.1 Å². The van der Waals surface area contributed by atoms with Crippen LogP contribution in [0.4, 0.5) is 0 Å². The fraction of sp³-hybridized carbons (Fsp3) is 0. The highest BCUT2D eigenvalue weighted by molar-refractivity contribution is 6.23. The fourth-order valence-electron chi connectivity index (χ4n) is 7.29. The van der Waals surface area contributed by atoms with E-state index in [2.05, 4.69) is 161 Å². The lowest BCUT2D eigenvalue weighted by atomic mass is 10.0. The van der Waals surface area contributed by atoms with Gasteiger partial charge in [-0.15, -0.1) is 0 Å². The van der Waals surface area contributed by atoms with E-state index in [4.69, 9.17) is 9.97 Å². The maximum Gasteiger partial charge on any atom is 0.160 e. The molecule has 0 saturated carbocycles. The van der Waals surface area contributed by atoms with Crippen LogP contribution in [0, 0.1) is 0 Å². The van der Waals surface area contributed by atoms with Gasteiger partial charge < -0.3 is 9.13 Å². The molecule has 3 heterocycles. The van der Waals surface area contributed by atoms with Crippen LogP contribution in [-0.2, 0) is 0 Å². The molecule has 0 bridgehead atoms. The van der Waals surface area contributed by atoms with E-state index in [1.807, 2.05) is 18.2 Å². The van der Waals surface area contributed by atoms with Crippen molar-refractivity contribution in [1.29, 1.82) is 0 Å². The molecule has 0 unspecified atom stereocenters. The highest BCUT2D eigenvalue weighted by Crippen LogP contribution is 2.40. The normalized spacial score (nSPS) is 11.8. The van der Waals surface area contributed by atoms with Crippen molar-refractivity contribution < 1.29 is 0 Å². The van der Waals surface area contributed by atoms with Crippen molar-refractivity contribution >= 4 is 54.4 Å². The summed E-state index contributed by atoms with van der Waals surface area (Å²) in [6.45, 7) is 0. The molecule has 7 aromatic carbocycles. The Morgan fingerprint density at radius 2 is 1.10 bits per heavy atom. The van der Waals surface area contributed by atoms with E-state index < -0.39 is 0 Å². The molecule has 10 rings (SSSR count). The van der Waals surface area contributed by atoms with E-state index in [9.17, 15) is 0 Å². The number of rotatable bonds is 4. The predicted octanol–water partition coefficient (Wildman–Crippen LogP) is 11.2. The van der Waals surface area contributed by atoms with Gasteiger partial charge in [-0.3, -0.25) is 0 Å².